The van der Waals surface area contributed by atoms with Crippen LogP contribution in [0, 0.1) is 10.1 Å². The standard InChI is InChI=1S/C21H15Cl3N6O4/c22-14-3-1-13(2-4-14)10-29-11-17(24)20(27-29)25-21(31)18-7-8-28(26-18)12-34-19-6-5-15(30(32)33)9-16(19)23/h1-9,11H,10,12H2,(H,25,27,31). The molecule has 0 fully saturated rings. The van der Waals surface area contributed by atoms with Gasteiger partial charge in [-0.2, -0.15) is 10.2 Å². The molecule has 0 saturated carbocycles. The van der Waals surface area contributed by atoms with Crippen LogP contribution < -0.4 is 10.1 Å². The van der Waals surface area contributed by atoms with Crippen molar-refractivity contribution in [2.75, 3.05) is 5.32 Å². The van der Waals surface area contributed by atoms with Gasteiger partial charge in [-0.05, 0) is 29.8 Å². The summed E-state index contributed by atoms with van der Waals surface area (Å²) in [5, 5.41) is 22.9. The van der Waals surface area contributed by atoms with Crippen LogP contribution in [0.3, 0.4) is 0 Å². The van der Waals surface area contributed by atoms with Crippen LogP contribution in [0.25, 0.3) is 0 Å². The predicted octanol–water partition coefficient (Wildman–Crippen LogP) is 5.29. The summed E-state index contributed by atoms with van der Waals surface area (Å²) in [6.45, 7) is 0.380. The summed E-state index contributed by atoms with van der Waals surface area (Å²) in [4.78, 5) is 22.8. The van der Waals surface area contributed by atoms with E-state index in [0.29, 0.717) is 11.6 Å². The highest BCUT2D eigenvalue weighted by Crippen LogP contribution is 2.29. The maximum Gasteiger partial charge on any atom is 0.277 e. The van der Waals surface area contributed by atoms with E-state index in [-0.39, 0.29) is 39.7 Å². The summed E-state index contributed by atoms with van der Waals surface area (Å²) in [7, 11) is 0. The zero-order chi connectivity index (χ0) is 24.2. The van der Waals surface area contributed by atoms with Crippen molar-refractivity contribution >= 4 is 52.2 Å². The lowest BCUT2D eigenvalue weighted by molar-refractivity contribution is -0.384. The van der Waals surface area contributed by atoms with Gasteiger partial charge in [0.05, 0.1) is 16.5 Å². The number of ether oxygens (including phenoxy) is 1. The van der Waals surface area contributed by atoms with Gasteiger partial charge in [-0.3, -0.25) is 19.6 Å². The molecule has 1 N–H and O–H groups in total. The number of amides is 1. The van der Waals surface area contributed by atoms with Crippen molar-refractivity contribution in [2.24, 2.45) is 0 Å². The molecule has 4 rings (SSSR count). The third-order valence-electron chi connectivity index (χ3n) is 4.56. The Morgan fingerprint density at radius 1 is 1.03 bits per heavy atom. The molecule has 0 unspecified atom stereocenters. The smallest absolute Gasteiger partial charge is 0.277 e. The lowest BCUT2D eigenvalue weighted by Crippen LogP contribution is -2.15. The van der Waals surface area contributed by atoms with Crippen molar-refractivity contribution < 1.29 is 14.5 Å². The van der Waals surface area contributed by atoms with Crippen LogP contribution in [0.15, 0.2) is 60.9 Å². The van der Waals surface area contributed by atoms with E-state index in [1.807, 2.05) is 12.1 Å². The molecular weight excluding hydrogens is 507 g/mol. The minimum Gasteiger partial charge on any atom is -0.470 e. The molecule has 1 amide bonds. The van der Waals surface area contributed by atoms with E-state index in [2.05, 4.69) is 15.5 Å². The molecule has 2 heterocycles. The summed E-state index contributed by atoms with van der Waals surface area (Å²) in [6.07, 6.45) is 3.14. The summed E-state index contributed by atoms with van der Waals surface area (Å²) in [6, 6.07) is 12.6. The molecule has 0 aliphatic heterocycles. The number of non-ortho nitro benzene ring substituents is 1. The van der Waals surface area contributed by atoms with Crippen molar-refractivity contribution in [2.45, 2.75) is 13.3 Å². The molecule has 0 spiro atoms. The SMILES string of the molecule is O=C(Nc1nn(Cc2ccc(Cl)cc2)cc1Cl)c1ccn(COc2ccc([N+](=O)[O-])cc2Cl)n1. The van der Waals surface area contributed by atoms with Gasteiger partial charge in [0.25, 0.3) is 11.6 Å². The van der Waals surface area contributed by atoms with Crippen LogP contribution in [-0.4, -0.2) is 30.4 Å². The van der Waals surface area contributed by atoms with E-state index < -0.39 is 10.8 Å². The maximum absolute atomic E-state index is 12.6. The number of hydrogen-bond acceptors (Lipinski definition) is 6. The zero-order valence-corrected chi connectivity index (χ0v) is 19.5. The first-order chi connectivity index (χ1) is 16.3. The molecule has 10 nitrogen and oxygen atoms in total. The summed E-state index contributed by atoms with van der Waals surface area (Å²) >= 11 is 18.1. The number of nitro benzene ring substituents is 1. The largest absolute Gasteiger partial charge is 0.470 e. The fourth-order valence-electron chi connectivity index (χ4n) is 2.92. The molecule has 0 saturated heterocycles. The molecule has 174 valence electrons. The normalized spacial score (nSPS) is 10.8. The van der Waals surface area contributed by atoms with Crippen LogP contribution in [0.2, 0.25) is 15.1 Å². The highest BCUT2D eigenvalue weighted by molar-refractivity contribution is 6.33. The third-order valence-corrected chi connectivity index (χ3v) is 5.38. The first-order valence-corrected chi connectivity index (χ1v) is 10.8. The van der Waals surface area contributed by atoms with Crippen LogP contribution in [0.4, 0.5) is 11.5 Å². The molecule has 0 atom stereocenters. The molecule has 0 aliphatic rings. The summed E-state index contributed by atoms with van der Waals surface area (Å²) in [5.74, 6) is -0.0679. The van der Waals surface area contributed by atoms with Gasteiger partial charge in [0.15, 0.2) is 18.2 Å². The Balaban J connectivity index is 1.37. The average Bonchev–Trinajstić information content (AvgIpc) is 3.41. The van der Waals surface area contributed by atoms with Gasteiger partial charge in [0.1, 0.15) is 10.8 Å². The molecule has 4 aromatic rings. The highest BCUT2D eigenvalue weighted by Gasteiger charge is 2.16. The number of nitro groups is 1. The second kappa shape index (κ2) is 10.1. The number of hydrogen-bond donors (Lipinski definition) is 1. The van der Waals surface area contributed by atoms with E-state index in [9.17, 15) is 14.9 Å². The molecule has 2 aromatic carbocycles. The molecule has 0 aliphatic carbocycles. The van der Waals surface area contributed by atoms with Crippen molar-refractivity contribution in [3.05, 3.63) is 97.4 Å². The highest BCUT2D eigenvalue weighted by atomic mass is 35.5. The number of nitrogens with one attached hydrogen (secondary N) is 1. The Kier molecular flexibility index (Phi) is 7.01. The number of aromatic nitrogens is 4. The van der Waals surface area contributed by atoms with Gasteiger partial charge in [-0.1, -0.05) is 46.9 Å². The molecule has 13 heteroatoms. The number of benzene rings is 2. The fraction of sp³-hybridized carbons (Fsp3) is 0.0952. The van der Waals surface area contributed by atoms with Gasteiger partial charge < -0.3 is 10.1 Å². The number of carbonyl (C=O) groups is 1. The van der Waals surface area contributed by atoms with E-state index >= 15 is 0 Å². The number of anilines is 1. The molecule has 34 heavy (non-hydrogen) atoms. The van der Waals surface area contributed by atoms with Gasteiger partial charge >= 0.3 is 0 Å². The Morgan fingerprint density at radius 3 is 2.50 bits per heavy atom. The van der Waals surface area contributed by atoms with Gasteiger partial charge in [0.2, 0.25) is 0 Å². The number of halogens is 3. The topological polar surface area (TPSA) is 117 Å². The average molecular weight is 522 g/mol. The van der Waals surface area contributed by atoms with E-state index in [4.69, 9.17) is 39.5 Å². The zero-order valence-electron chi connectivity index (χ0n) is 17.2. The van der Waals surface area contributed by atoms with Crippen molar-refractivity contribution in [3.8, 4) is 5.75 Å². The quantitative estimate of drug-likeness (QED) is 0.249. The van der Waals surface area contributed by atoms with Crippen molar-refractivity contribution in [1.29, 1.82) is 0 Å². The lowest BCUT2D eigenvalue weighted by atomic mass is 10.2. The maximum atomic E-state index is 12.6. The fourth-order valence-corrected chi connectivity index (χ4v) is 3.47. The second-order valence-corrected chi connectivity index (χ2v) is 8.24. The monoisotopic (exact) mass is 520 g/mol. The van der Waals surface area contributed by atoms with Gasteiger partial charge in [0, 0.05) is 29.5 Å². The van der Waals surface area contributed by atoms with Crippen molar-refractivity contribution in [1.82, 2.24) is 19.6 Å². The molecule has 0 bridgehead atoms. The van der Waals surface area contributed by atoms with Crippen LogP contribution in [-0.2, 0) is 13.3 Å². The molecule has 0 radical (unpaired) electrons. The summed E-state index contributed by atoms with van der Waals surface area (Å²) < 4.78 is 8.49. The lowest BCUT2D eigenvalue weighted by Gasteiger charge is -2.07. The predicted molar refractivity (Wildman–Crippen MR) is 127 cm³/mol. The molecular formula is C21H15Cl3N6O4. The second-order valence-electron chi connectivity index (χ2n) is 6.99. The van der Waals surface area contributed by atoms with Gasteiger partial charge in [-0.25, -0.2) is 4.68 Å². The van der Waals surface area contributed by atoms with Crippen LogP contribution in [0.1, 0.15) is 16.1 Å². The first-order valence-electron chi connectivity index (χ1n) is 9.67. The van der Waals surface area contributed by atoms with Crippen LogP contribution >= 0.6 is 34.8 Å². The number of carbonyl (C=O) groups excluding carboxylic acids is 1. The number of rotatable bonds is 8. The first kappa shape index (κ1) is 23.6. The van der Waals surface area contributed by atoms with Crippen molar-refractivity contribution in [3.63, 3.8) is 0 Å². The summed E-state index contributed by atoms with van der Waals surface area (Å²) in [5.41, 5.74) is 0.930. The van der Waals surface area contributed by atoms with E-state index in [0.717, 1.165) is 5.56 Å². The number of nitrogens with zero attached hydrogens (tertiary/aromatic N) is 5. The Bertz CT molecular complexity index is 1350. The Morgan fingerprint density at radius 2 is 1.79 bits per heavy atom. The van der Waals surface area contributed by atoms with E-state index in [1.165, 1.54) is 35.1 Å². The minimum atomic E-state index is -0.555. The Labute approximate surface area is 207 Å². The Hall–Kier alpha value is -3.60. The third kappa shape index (κ3) is 5.66. The molecule has 2 aromatic heterocycles. The van der Waals surface area contributed by atoms with Crippen LogP contribution in [0.5, 0.6) is 5.75 Å². The minimum absolute atomic E-state index is 0.0682. The van der Waals surface area contributed by atoms with E-state index in [1.54, 1.807) is 23.0 Å². The van der Waals surface area contributed by atoms with Gasteiger partial charge in [-0.15, -0.1) is 0 Å².